The van der Waals surface area contributed by atoms with E-state index in [0.717, 1.165) is 72.2 Å². The SMILES string of the molecule is C=CC1=C(/C=C\C)N(c2ccc(-c3cc(-c4ccc(-n5c6ccccc6c6cnccc65)cc4)cc(-c4ccc(-n5c6ccccc6c6cnccc65)cc4)c3)cc2)C2C=CC=CC12. The van der Waals surface area contributed by atoms with Crippen LogP contribution in [0.4, 0.5) is 5.69 Å². The fraction of sp³-hybridized carbons (Fsp3) is 0.0508. The molecule has 1 aliphatic carbocycles. The molecule has 1 aliphatic heterocycles. The number of allylic oxidation sites excluding steroid dienone is 5. The lowest BCUT2D eigenvalue weighted by Gasteiger charge is -2.30. The second-order valence-corrected chi connectivity index (χ2v) is 16.6. The number of rotatable bonds is 8. The van der Waals surface area contributed by atoms with Gasteiger partial charge in [0.25, 0.3) is 0 Å². The van der Waals surface area contributed by atoms with Crippen LogP contribution in [0.5, 0.6) is 0 Å². The van der Waals surface area contributed by atoms with E-state index in [4.69, 9.17) is 0 Å². The van der Waals surface area contributed by atoms with Gasteiger partial charge in [-0.3, -0.25) is 9.97 Å². The quantitative estimate of drug-likeness (QED) is 0.153. The van der Waals surface area contributed by atoms with Crippen LogP contribution in [0, 0.1) is 5.92 Å². The maximum atomic E-state index is 4.46. The highest BCUT2D eigenvalue weighted by atomic mass is 15.2. The van der Waals surface area contributed by atoms with Crippen LogP contribution in [-0.4, -0.2) is 25.1 Å². The third kappa shape index (κ3) is 6.00. The third-order valence-electron chi connectivity index (χ3n) is 13.1. The topological polar surface area (TPSA) is 38.9 Å². The zero-order valence-corrected chi connectivity index (χ0v) is 35.4. The molecule has 0 saturated carbocycles. The molecule has 2 atom stereocenters. The number of fused-ring (bicyclic) bond motifs is 7. The average Bonchev–Trinajstić information content (AvgIpc) is 3.99. The predicted molar refractivity (Wildman–Crippen MR) is 267 cm³/mol. The van der Waals surface area contributed by atoms with Crippen molar-refractivity contribution >= 4 is 49.3 Å². The fourth-order valence-electron chi connectivity index (χ4n) is 10.2. The summed E-state index contributed by atoms with van der Waals surface area (Å²) in [6.45, 7) is 6.30. The number of benzene rings is 6. The van der Waals surface area contributed by atoms with Gasteiger partial charge in [0.2, 0.25) is 0 Å². The van der Waals surface area contributed by atoms with Crippen LogP contribution in [0.3, 0.4) is 0 Å². The van der Waals surface area contributed by atoms with Crippen LogP contribution in [0.1, 0.15) is 6.92 Å². The summed E-state index contributed by atoms with van der Waals surface area (Å²) < 4.78 is 4.68. The van der Waals surface area contributed by atoms with Gasteiger partial charge in [0, 0.05) is 75.0 Å². The zero-order valence-electron chi connectivity index (χ0n) is 35.4. The standard InChI is InChI=1S/C59H43N5/c1-3-11-54-48(4-2)49-12-5-8-15-55(49)62(54)45-24-18-39(19-25-45)42-34-43(40-20-26-46(27-21-40)63-56-16-9-6-13-50(56)52-37-60-32-30-58(52)63)36-44(35-42)41-22-28-47(29-23-41)64-57-17-10-7-14-51(57)53-38-61-33-31-59(53)64/h3-38,49,55H,2H2,1H3/b11-3-. The number of hydrogen-bond acceptors (Lipinski definition) is 3. The van der Waals surface area contributed by atoms with E-state index in [9.17, 15) is 0 Å². The molecule has 0 spiro atoms. The van der Waals surface area contributed by atoms with Crippen LogP contribution in [0.2, 0.25) is 0 Å². The Labute approximate surface area is 372 Å². The summed E-state index contributed by atoms with van der Waals surface area (Å²) in [5.74, 6) is 0.268. The van der Waals surface area contributed by atoms with Crippen molar-refractivity contribution in [3.63, 3.8) is 0 Å². The number of hydrogen-bond donors (Lipinski definition) is 0. The first-order chi connectivity index (χ1) is 31.7. The van der Waals surface area contributed by atoms with E-state index in [0.29, 0.717) is 0 Å². The maximum Gasteiger partial charge on any atom is 0.0629 e. The number of aromatic nitrogens is 4. The molecule has 10 aromatic rings. The molecule has 0 bridgehead atoms. The summed E-state index contributed by atoms with van der Waals surface area (Å²) in [5.41, 5.74) is 17.4. The number of pyridine rings is 2. The first kappa shape index (κ1) is 37.5. The number of para-hydroxylation sites is 2. The molecule has 64 heavy (non-hydrogen) atoms. The zero-order chi connectivity index (χ0) is 42.7. The molecule has 0 N–H and O–H groups in total. The Morgan fingerprint density at radius 2 is 0.938 bits per heavy atom. The van der Waals surface area contributed by atoms with Gasteiger partial charge in [-0.2, -0.15) is 0 Å². The molecular formula is C59H43N5. The number of anilines is 1. The van der Waals surface area contributed by atoms with Crippen LogP contribution in [0.15, 0.2) is 237 Å². The Kier molecular flexibility index (Phi) is 8.94. The summed E-state index contributed by atoms with van der Waals surface area (Å²) in [6.07, 6.45) is 23.0. The minimum Gasteiger partial charge on any atom is -0.333 e. The van der Waals surface area contributed by atoms with Gasteiger partial charge in [0.15, 0.2) is 0 Å². The van der Waals surface area contributed by atoms with E-state index in [2.05, 4.69) is 226 Å². The molecule has 5 heterocycles. The Balaban J connectivity index is 0.960. The summed E-state index contributed by atoms with van der Waals surface area (Å²) in [6, 6.07) is 55.6. The molecule has 2 unspecified atom stereocenters. The van der Waals surface area contributed by atoms with E-state index in [1.807, 2.05) is 30.9 Å². The van der Waals surface area contributed by atoms with Crippen LogP contribution in [0.25, 0.3) is 88.4 Å². The highest BCUT2D eigenvalue weighted by molar-refractivity contribution is 6.10. The maximum absolute atomic E-state index is 4.46. The van der Waals surface area contributed by atoms with Crippen molar-refractivity contribution in [1.82, 2.24) is 19.1 Å². The van der Waals surface area contributed by atoms with Gasteiger partial charge in [0.1, 0.15) is 0 Å². The van der Waals surface area contributed by atoms with Crippen LogP contribution < -0.4 is 4.90 Å². The van der Waals surface area contributed by atoms with Crippen LogP contribution >= 0.6 is 0 Å². The molecule has 0 radical (unpaired) electrons. The lowest BCUT2D eigenvalue weighted by Crippen LogP contribution is -2.32. The van der Waals surface area contributed by atoms with Crippen LogP contribution in [-0.2, 0) is 0 Å². The normalized spacial score (nSPS) is 16.0. The van der Waals surface area contributed by atoms with Crippen molar-refractivity contribution in [2.24, 2.45) is 5.92 Å². The van der Waals surface area contributed by atoms with Gasteiger partial charge in [-0.25, -0.2) is 0 Å². The van der Waals surface area contributed by atoms with Gasteiger partial charge < -0.3 is 14.0 Å². The van der Waals surface area contributed by atoms with Gasteiger partial charge in [-0.05, 0) is 131 Å². The first-order valence-corrected chi connectivity index (χ1v) is 21.9. The third-order valence-corrected chi connectivity index (χ3v) is 13.1. The van der Waals surface area contributed by atoms with Crippen molar-refractivity contribution in [3.8, 4) is 44.8 Å². The largest absolute Gasteiger partial charge is 0.333 e. The van der Waals surface area contributed by atoms with Crippen molar-refractivity contribution in [2.45, 2.75) is 13.0 Å². The molecule has 0 amide bonds. The summed E-state index contributed by atoms with van der Waals surface area (Å²) in [7, 11) is 0. The molecule has 304 valence electrons. The van der Waals surface area contributed by atoms with E-state index in [1.54, 1.807) is 0 Å². The average molecular weight is 822 g/mol. The Morgan fingerprint density at radius 3 is 1.42 bits per heavy atom. The molecular weight excluding hydrogens is 779 g/mol. The van der Waals surface area contributed by atoms with E-state index in [1.165, 1.54) is 33.1 Å². The number of nitrogens with zero attached hydrogens (tertiary/aromatic N) is 5. The van der Waals surface area contributed by atoms with E-state index in [-0.39, 0.29) is 12.0 Å². The minimum atomic E-state index is 0.203. The molecule has 4 aromatic heterocycles. The van der Waals surface area contributed by atoms with Gasteiger partial charge in [-0.15, -0.1) is 0 Å². The Bertz CT molecular complexity index is 3300. The highest BCUT2D eigenvalue weighted by Gasteiger charge is 2.37. The van der Waals surface area contributed by atoms with Crippen molar-refractivity contribution in [1.29, 1.82) is 0 Å². The van der Waals surface area contributed by atoms with Gasteiger partial charge in [0.05, 0.1) is 28.1 Å². The summed E-state index contributed by atoms with van der Waals surface area (Å²) in [5, 5.41) is 4.70. The minimum absolute atomic E-state index is 0.203. The second-order valence-electron chi connectivity index (χ2n) is 16.6. The molecule has 0 saturated heterocycles. The van der Waals surface area contributed by atoms with Gasteiger partial charge in [-0.1, -0.05) is 116 Å². The first-order valence-electron chi connectivity index (χ1n) is 21.9. The second kappa shape index (κ2) is 15.3. The smallest absolute Gasteiger partial charge is 0.0629 e. The van der Waals surface area contributed by atoms with Crippen molar-refractivity contribution in [2.75, 3.05) is 4.90 Å². The molecule has 6 aromatic carbocycles. The molecule has 0 fully saturated rings. The van der Waals surface area contributed by atoms with Gasteiger partial charge >= 0.3 is 0 Å². The van der Waals surface area contributed by atoms with Crippen molar-refractivity contribution in [3.05, 3.63) is 237 Å². The van der Waals surface area contributed by atoms with Crippen molar-refractivity contribution < 1.29 is 0 Å². The molecule has 5 heteroatoms. The lowest BCUT2D eigenvalue weighted by molar-refractivity contribution is 0.685. The molecule has 2 aliphatic rings. The lowest BCUT2D eigenvalue weighted by atomic mass is 9.90. The Morgan fingerprint density at radius 1 is 0.484 bits per heavy atom. The monoisotopic (exact) mass is 821 g/mol. The summed E-state index contributed by atoms with van der Waals surface area (Å²) in [4.78, 5) is 11.4. The molecule has 5 nitrogen and oxygen atoms in total. The van der Waals surface area contributed by atoms with E-state index >= 15 is 0 Å². The highest BCUT2D eigenvalue weighted by Crippen LogP contribution is 2.43. The fourth-order valence-corrected chi connectivity index (χ4v) is 10.2. The predicted octanol–water partition coefficient (Wildman–Crippen LogP) is 14.6. The Hall–Kier alpha value is -8.28. The summed E-state index contributed by atoms with van der Waals surface area (Å²) >= 11 is 0. The molecule has 12 rings (SSSR count). The van der Waals surface area contributed by atoms with E-state index < -0.39 is 0 Å².